The summed E-state index contributed by atoms with van der Waals surface area (Å²) in [6, 6.07) is 7.74. The Labute approximate surface area is 170 Å². The molecule has 0 aliphatic carbocycles. The lowest BCUT2D eigenvalue weighted by molar-refractivity contribution is -0.136. The Kier molecular flexibility index (Phi) is 6.20. The average molecular weight is 401 g/mol. The Hall–Kier alpha value is -2.02. The summed E-state index contributed by atoms with van der Waals surface area (Å²) < 4.78 is 5.35. The SMILES string of the molecule is O=C(CN1CCC[C@@H](c2nccnc2-c2cccc(Cl)c2)C1)N1CCOCC1. The summed E-state index contributed by atoms with van der Waals surface area (Å²) in [5, 5.41) is 0.690. The third kappa shape index (κ3) is 4.51. The van der Waals surface area contributed by atoms with Gasteiger partial charge < -0.3 is 9.64 Å². The molecule has 2 aliphatic heterocycles. The minimum Gasteiger partial charge on any atom is -0.378 e. The number of benzene rings is 1. The zero-order valence-electron chi connectivity index (χ0n) is 15.9. The number of ether oxygens (including phenoxy) is 1. The number of carbonyl (C=O) groups excluding carboxylic acids is 1. The fourth-order valence-electron chi connectivity index (χ4n) is 4.03. The first-order valence-electron chi connectivity index (χ1n) is 9.85. The van der Waals surface area contributed by atoms with E-state index in [0.717, 1.165) is 42.9 Å². The average Bonchev–Trinajstić information content (AvgIpc) is 2.74. The third-order valence-corrected chi connectivity index (χ3v) is 5.67. The van der Waals surface area contributed by atoms with E-state index in [0.29, 0.717) is 37.9 Å². The number of hydrogen-bond donors (Lipinski definition) is 0. The highest BCUT2D eigenvalue weighted by Crippen LogP contribution is 2.32. The minimum atomic E-state index is 0.193. The largest absolute Gasteiger partial charge is 0.378 e. The van der Waals surface area contributed by atoms with Crippen LogP contribution < -0.4 is 0 Å². The Balaban J connectivity index is 1.48. The molecular formula is C21H25ClN4O2. The maximum atomic E-state index is 12.6. The van der Waals surface area contributed by atoms with Gasteiger partial charge >= 0.3 is 0 Å². The molecule has 1 amide bonds. The van der Waals surface area contributed by atoms with Crippen LogP contribution >= 0.6 is 11.6 Å². The van der Waals surface area contributed by atoms with Crippen LogP contribution in [-0.4, -0.2) is 71.6 Å². The standard InChI is InChI=1S/C21H25ClN4O2/c22-18-5-1-3-16(13-18)20-21(24-7-6-23-20)17-4-2-8-25(14-17)15-19(27)26-9-11-28-12-10-26/h1,3,5-7,13,17H,2,4,8-12,14-15H2/t17-/m1/s1. The molecule has 0 radical (unpaired) electrons. The second-order valence-corrected chi connectivity index (χ2v) is 7.80. The van der Waals surface area contributed by atoms with Gasteiger partial charge in [0.2, 0.25) is 5.91 Å². The summed E-state index contributed by atoms with van der Waals surface area (Å²) in [4.78, 5) is 26.0. The van der Waals surface area contributed by atoms with E-state index in [1.54, 1.807) is 12.4 Å². The van der Waals surface area contributed by atoms with Crippen LogP contribution in [0.1, 0.15) is 24.5 Å². The van der Waals surface area contributed by atoms with Gasteiger partial charge in [0.05, 0.1) is 31.1 Å². The Morgan fingerprint density at radius 2 is 2.00 bits per heavy atom. The summed E-state index contributed by atoms with van der Waals surface area (Å²) in [5.74, 6) is 0.451. The molecule has 1 aromatic heterocycles. The maximum Gasteiger partial charge on any atom is 0.236 e. The van der Waals surface area contributed by atoms with Gasteiger partial charge in [0.25, 0.3) is 0 Å². The summed E-state index contributed by atoms with van der Waals surface area (Å²) in [7, 11) is 0. The van der Waals surface area contributed by atoms with E-state index in [2.05, 4.69) is 14.9 Å². The number of halogens is 1. The fraction of sp³-hybridized carbons (Fsp3) is 0.476. The van der Waals surface area contributed by atoms with Crippen LogP contribution in [0.5, 0.6) is 0 Å². The maximum absolute atomic E-state index is 12.6. The molecule has 6 nitrogen and oxygen atoms in total. The molecule has 0 spiro atoms. The van der Waals surface area contributed by atoms with E-state index in [1.165, 1.54) is 0 Å². The topological polar surface area (TPSA) is 58.6 Å². The van der Waals surface area contributed by atoms with Gasteiger partial charge in [-0.15, -0.1) is 0 Å². The second-order valence-electron chi connectivity index (χ2n) is 7.37. The van der Waals surface area contributed by atoms with E-state index in [-0.39, 0.29) is 11.8 Å². The molecule has 2 aromatic rings. The third-order valence-electron chi connectivity index (χ3n) is 5.44. The summed E-state index contributed by atoms with van der Waals surface area (Å²) >= 11 is 6.18. The van der Waals surface area contributed by atoms with Crippen LogP contribution in [0.3, 0.4) is 0 Å². The Bertz CT molecular complexity index is 826. The van der Waals surface area contributed by atoms with Crippen LogP contribution in [0, 0.1) is 0 Å². The van der Waals surface area contributed by atoms with E-state index in [9.17, 15) is 4.79 Å². The van der Waals surface area contributed by atoms with Gasteiger partial charge in [-0.05, 0) is 31.5 Å². The molecule has 7 heteroatoms. The molecular weight excluding hydrogens is 376 g/mol. The predicted molar refractivity (Wildman–Crippen MR) is 108 cm³/mol. The number of morpholine rings is 1. The number of piperidine rings is 1. The highest BCUT2D eigenvalue weighted by Gasteiger charge is 2.28. The van der Waals surface area contributed by atoms with Gasteiger partial charge in [-0.1, -0.05) is 23.7 Å². The van der Waals surface area contributed by atoms with E-state index in [1.807, 2.05) is 29.2 Å². The molecule has 4 rings (SSSR count). The van der Waals surface area contributed by atoms with Crippen LogP contribution in [0.25, 0.3) is 11.3 Å². The van der Waals surface area contributed by atoms with E-state index >= 15 is 0 Å². The van der Waals surface area contributed by atoms with Crippen molar-refractivity contribution in [3.05, 3.63) is 47.4 Å². The minimum absolute atomic E-state index is 0.193. The van der Waals surface area contributed by atoms with Gasteiger partial charge in [-0.2, -0.15) is 0 Å². The van der Waals surface area contributed by atoms with Gasteiger partial charge in [0, 0.05) is 48.5 Å². The fourth-order valence-corrected chi connectivity index (χ4v) is 4.22. The number of aromatic nitrogens is 2. The number of likely N-dealkylation sites (tertiary alicyclic amines) is 1. The number of nitrogens with zero attached hydrogens (tertiary/aromatic N) is 4. The number of amides is 1. The lowest BCUT2D eigenvalue weighted by atomic mass is 9.91. The first-order chi connectivity index (χ1) is 13.7. The van der Waals surface area contributed by atoms with Crippen LogP contribution in [0.15, 0.2) is 36.7 Å². The zero-order chi connectivity index (χ0) is 19.3. The number of carbonyl (C=O) groups is 1. The van der Waals surface area contributed by atoms with Crippen molar-refractivity contribution in [2.24, 2.45) is 0 Å². The smallest absolute Gasteiger partial charge is 0.236 e. The highest BCUT2D eigenvalue weighted by atomic mass is 35.5. The Morgan fingerprint density at radius 3 is 2.82 bits per heavy atom. The first-order valence-corrected chi connectivity index (χ1v) is 10.2. The molecule has 0 saturated carbocycles. The quantitative estimate of drug-likeness (QED) is 0.789. The Morgan fingerprint density at radius 1 is 1.18 bits per heavy atom. The molecule has 0 unspecified atom stereocenters. The summed E-state index contributed by atoms with van der Waals surface area (Å²) in [6.07, 6.45) is 5.57. The second kappa shape index (κ2) is 8.99. The van der Waals surface area contributed by atoms with Crippen molar-refractivity contribution in [1.82, 2.24) is 19.8 Å². The van der Waals surface area contributed by atoms with Crippen molar-refractivity contribution < 1.29 is 9.53 Å². The molecule has 0 bridgehead atoms. The molecule has 2 aliphatic rings. The molecule has 1 aromatic carbocycles. The van der Waals surface area contributed by atoms with E-state index in [4.69, 9.17) is 16.3 Å². The normalized spacial score (nSPS) is 20.9. The van der Waals surface area contributed by atoms with Crippen LogP contribution in [0.2, 0.25) is 5.02 Å². The highest BCUT2D eigenvalue weighted by molar-refractivity contribution is 6.30. The molecule has 1 atom stereocenters. The summed E-state index contributed by atoms with van der Waals surface area (Å²) in [5.41, 5.74) is 2.86. The lowest BCUT2D eigenvalue weighted by Crippen LogP contribution is -2.47. The molecule has 148 valence electrons. The summed E-state index contributed by atoms with van der Waals surface area (Å²) in [6.45, 7) is 4.89. The molecule has 3 heterocycles. The molecule has 28 heavy (non-hydrogen) atoms. The van der Waals surface area contributed by atoms with E-state index < -0.39 is 0 Å². The van der Waals surface area contributed by atoms with Gasteiger partial charge in [0.1, 0.15) is 0 Å². The van der Waals surface area contributed by atoms with Crippen molar-refractivity contribution >= 4 is 17.5 Å². The lowest BCUT2D eigenvalue weighted by Gasteiger charge is -2.34. The van der Waals surface area contributed by atoms with Crippen molar-refractivity contribution in [3.63, 3.8) is 0 Å². The van der Waals surface area contributed by atoms with Gasteiger partial charge in [-0.3, -0.25) is 19.7 Å². The monoisotopic (exact) mass is 400 g/mol. The zero-order valence-corrected chi connectivity index (χ0v) is 16.6. The molecule has 0 N–H and O–H groups in total. The number of hydrogen-bond acceptors (Lipinski definition) is 5. The van der Waals surface area contributed by atoms with Crippen molar-refractivity contribution in [2.75, 3.05) is 45.9 Å². The van der Waals surface area contributed by atoms with Crippen LogP contribution in [0.4, 0.5) is 0 Å². The molecule has 2 saturated heterocycles. The van der Waals surface area contributed by atoms with Crippen molar-refractivity contribution in [2.45, 2.75) is 18.8 Å². The van der Waals surface area contributed by atoms with Gasteiger partial charge in [-0.25, -0.2) is 0 Å². The van der Waals surface area contributed by atoms with Crippen molar-refractivity contribution in [1.29, 1.82) is 0 Å². The van der Waals surface area contributed by atoms with Crippen molar-refractivity contribution in [3.8, 4) is 11.3 Å². The van der Waals surface area contributed by atoms with Gasteiger partial charge in [0.15, 0.2) is 0 Å². The first kappa shape index (κ1) is 19.3. The van der Waals surface area contributed by atoms with Crippen LogP contribution in [-0.2, 0) is 9.53 Å². The number of rotatable bonds is 4. The molecule has 2 fully saturated rings. The predicted octanol–water partition coefficient (Wildman–Crippen LogP) is 2.84.